The van der Waals surface area contributed by atoms with Crippen LogP contribution in [0.4, 0.5) is 5.69 Å². The minimum absolute atomic E-state index is 0.00873. The Kier molecular flexibility index (Phi) is 5.30. The van der Waals surface area contributed by atoms with Gasteiger partial charge in [-0.15, -0.1) is 0 Å². The maximum absolute atomic E-state index is 12.8. The van der Waals surface area contributed by atoms with Crippen LogP contribution in [0.3, 0.4) is 0 Å². The highest BCUT2D eigenvalue weighted by Crippen LogP contribution is 2.21. The molecule has 0 radical (unpaired) electrons. The van der Waals surface area contributed by atoms with E-state index < -0.39 is 0 Å². The van der Waals surface area contributed by atoms with Gasteiger partial charge < -0.3 is 15.5 Å². The van der Waals surface area contributed by atoms with Gasteiger partial charge in [0.15, 0.2) is 0 Å². The monoisotopic (exact) mass is 331 g/mol. The van der Waals surface area contributed by atoms with Crippen molar-refractivity contribution in [3.8, 4) is 0 Å². The van der Waals surface area contributed by atoms with Crippen LogP contribution in [0.5, 0.6) is 0 Å². The number of carbonyl (C=O) groups is 2. The van der Waals surface area contributed by atoms with E-state index in [4.69, 9.17) is 5.73 Å². The maximum atomic E-state index is 12.8. The van der Waals surface area contributed by atoms with Crippen molar-refractivity contribution in [2.75, 3.05) is 50.7 Å². The molecule has 1 aromatic rings. The number of hydrogen-bond donors (Lipinski definition) is 1. The first-order chi connectivity index (χ1) is 11.6. The summed E-state index contributed by atoms with van der Waals surface area (Å²) in [4.78, 5) is 34.2. The molecule has 3 rings (SSSR count). The van der Waals surface area contributed by atoms with Crippen LogP contribution >= 0.6 is 0 Å². The number of carbonyl (C=O) groups excluding carboxylic acids is 2. The van der Waals surface area contributed by atoms with Crippen molar-refractivity contribution >= 4 is 17.5 Å². The summed E-state index contributed by atoms with van der Waals surface area (Å²) in [5.41, 5.74) is 6.43. The molecule has 0 spiro atoms. The predicted octanol–water partition coefficient (Wildman–Crippen LogP) is -0.0725. The number of likely N-dealkylation sites (tertiary alicyclic amines) is 1. The van der Waals surface area contributed by atoms with Crippen LogP contribution in [0.2, 0.25) is 0 Å². The first kappa shape index (κ1) is 16.7. The van der Waals surface area contributed by atoms with Crippen LogP contribution in [0, 0.1) is 5.92 Å². The number of amides is 2. The molecule has 2 aliphatic heterocycles. The predicted molar refractivity (Wildman–Crippen MR) is 91.4 cm³/mol. The molecule has 130 valence electrons. The molecule has 0 unspecified atom stereocenters. The lowest BCUT2D eigenvalue weighted by Gasteiger charge is -2.39. The number of piperazine rings is 1. The average molecular weight is 331 g/mol. The number of hydrogen-bond acceptors (Lipinski definition) is 5. The Balaban J connectivity index is 1.52. The Hall–Kier alpha value is -2.15. The number of anilines is 1. The summed E-state index contributed by atoms with van der Waals surface area (Å²) >= 11 is 0. The molecule has 24 heavy (non-hydrogen) atoms. The minimum atomic E-state index is -0.325. The normalized spacial score (nSPS) is 22.4. The number of piperidine rings is 1. The Morgan fingerprint density at radius 3 is 2.50 bits per heavy atom. The van der Waals surface area contributed by atoms with Crippen molar-refractivity contribution in [1.82, 2.24) is 14.8 Å². The molecule has 7 nitrogen and oxygen atoms in total. The first-order valence-corrected chi connectivity index (χ1v) is 8.58. The molecular weight excluding hydrogens is 306 g/mol. The summed E-state index contributed by atoms with van der Waals surface area (Å²) in [6.07, 6.45) is 5.43. The van der Waals surface area contributed by atoms with E-state index in [0.29, 0.717) is 6.54 Å². The fourth-order valence-electron chi connectivity index (χ4n) is 3.62. The van der Waals surface area contributed by atoms with Crippen molar-refractivity contribution in [1.29, 1.82) is 0 Å². The zero-order valence-electron chi connectivity index (χ0n) is 13.9. The minimum Gasteiger partial charge on any atom is -0.369 e. The third-order valence-electron chi connectivity index (χ3n) is 4.85. The highest BCUT2D eigenvalue weighted by molar-refractivity contribution is 5.80. The van der Waals surface area contributed by atoms with Crippen LogP contribution < -0.4 is 10.6 Å². The molecular formula is C17H25N5O2. The lowest BCUT2D eigenvalue weighted by molar-refractivity contribution is -0.138. The zero-order chi connectivity index (χ0) is 16.9. The van der Waals surface area contributed by atoms with Gasteiger partial charge in [-0.1, -0.05) is 0 Å². The Labute approximate surface area is 142 Å². The summed E-state index contributed by atoms with van der Waals surface area (Å²) < 4.78 is 0. The molecule has 2 saturated heterocycles. The summed E-state index contributed by atoms with van der Waals surface area (Å²) in [5.74, 6) is -0.113. The second kappa shape index (κ2) is 7.61. The Morgan fingerprint density at radius 2 is 1.83 bits per heavy atom. The topological polar surface area (TPSA) is 82.8 Å². The number of nitrogens with zero attached hydrogens (tertiary/aromatic N) is 4. The van der Waals surface area contributed by atoms with Gasteiger partial charge in [-0.05, 0) is 31.5 Å². The van der Waals surface area contributed by atoms with Crippen LogP contribution in [-0.4, -0.2) is 72.4 Å². The van der Waals surface area contributed by atoms with Crippen molar-refractivity contribution in [3.63, 3.8) is 0 Å². The second-order valence-electron chi connectivity index (χ2n) is 6.56. The molecule has 2 aliphatic rings. The lowest BCUT2D eigenvalue weighted by atomic mass is 9.96. The molecule has 0 aliphatic carbocycles. The second-order valence-corrected chi connectivity index (χ2v) is 6.56. The number of primary amides is 1. The molecule has 7 heteroatoms. The van der Waals surface area contributed by atoms with Crippen molar-refractivity contribution < 1.29 is 9.59 Å². The van der Waals surface area contributed by atoms with E-state index >= 15 is 0 Å². The largest absolute Gasteiger partial charge is 0.369 e. The standard InChI is InChI=1S/C17H25N5O2/c18-16(23)13-20-7-1-2-14(12-20)17(24)22-10-8-21(9-11-22)15-3-5-19-6-4-15/h3-6,14H,1-2,7-13H2,(H2,18,23)/t14-/m0/s1. The van der Waals surface area contributed by atoms with E-state index in [0.717, 1.165) is 51.3 Å². The van der Waals surface area contributed by atoms with Gasteiger partial charge in [-0.2, -0.15) is 0 Å². The van der Waals surface area contributed by atoms with E-state index in [1.54, 1.807) is 12.4 Å². The molecule has 2 amide bonds. The molecule has 0 aromatic carbocycles. The summed E-state index contributed by atoms with van der Waals surface area (Å²) in [5, 5.41) is 0. The van der Waals surface area contributed by atoms with E-state index in [-0.39, 0.29) is 24.3 Å². The summed E-state index contributed by atoms with van der Waals surface area (Å²) in [7, 11) is 0. The molecule has 1 aromatic heterocycles. The van der Waals surface area contributed by atoms with Crippen LogP contribution in [0.1, 0.15) is 12.8 Å². The van der Waals surface area contributed by atoms with Gasteiger partial charge in [0.05, 0.1) is 12.5 Å². The van der Waals surface area contributed by atoms with E-state index in [2.05, 4.69) is 9.88 Å². The zero-order valence-corrected chi connectivity index (χ0v) is 13.9. The number of rotatable bonds is 4. The molecule has 2 fully saturated rings. The summed E-state index contributed by atoms with van der Waals surface area (Å²) in [6, 6.07) is 4.00. The van der Waals surface area contributed by atoms with Gasteiger partial charge in [-0.25, -0.2) is 0 Å². The quantitative estimate of drug-likeness (QED) is 0.835. The smallest absolute Gasteiger partial charge is 0.231 e. The molecule has 2 N–H and O–H groups in total. The first-order valence-electron chi connectivity index (χ1n) is 8.58. The fourth-order valence-corrected chi connectivity index (χ4v) is 3.62. The maximum Gasteiger partial charge on any atom is 0.231 e. The molecule has 3 heterocycles. The number of pyridine rings is 1. The summed E-state index contributed by atoms with van der Waals surface area (Å²) in [6.45, 7) is 4.91. The van der Waals surface area contributed by atoms with Gasteiger partial charge in [0.25, 0.3) is 0 Å². The average Bonchev–Trinajstić information content (AvgIpc) is 2.62. The van der Waals surface area contributed by atoms with Crippen LogP contribution in [0.25, 0.3) is 0 Å². The SMILES string of the molecule is NC(=O)CN1CCC[C@H](C(=O)N2CCN(c3ccncc3)CC2)C1. The van der Waals surface area contributed by atoms with E-state index in [1.165, 1.54) is 0 Å². The number of nitrogens with two attached hydrogens (primary N) is 1. The Bertz CT molecular complexity index is 572. The van der Waals surface area contributed by atoms with Crippen molar-refractivity contribution in [2.45, 2.75) is 12.8 Å². The van der Waals surface area contributed by atoms with Crippen LogP contribution in [-0.2, 0) is 9.59 Å². The molecule has 1 atom stereocenters. The highest BCUT2D eigenvalue weighted by atomic mass is 16.2. The van der Waals surface area contributed by atoms with Gasteiger partial charge in [0.1, 0.15) is 0 Å². The number of aromatic nitrogens is 1. The van der Waals surface area contributed by atoms with E-state index in [9.17, 15) is 9.59 Å². The highest BCUT2D eigenvalue weighted by Gasteiger charge is 2.31. The van der Waals surface area contributed by atoms with Crippen LogP contribution in [0.15, 0.2) is 24.5 Å². The lowest BCUT2D eigenvalue weighted by Crippen LogP contribution is -2.53. The molecule has 0 bridgehead atoms. The third-order valence-corrected chi connectivity index (χ3v) is 4.85. The van der Waals surface area contributed by atoms with Crippen molar-refractivity contribution in [2.24, 2.45) is 11.7 Å². The molecule has 0 saturated carbocycles. The van der Waals surface area contributed by atoms with Gasteiger partial charge in [-0.3, -0.25) is 19.5 Å². The Morgan fingerprint density at radius 1 is 1.12 bits per heavy atom. The van der Waals surface area contributed by atoms with Gasteiger partial charge in [0, 0.05) is 50.8 Å². The van der Waals surface area contributed by atoms with Gasteiger partial charge in [0.2, 0.25) is 11.8 Å². The van der Waals surface area contributed by atoms with E-state index in [1.807, 2.05) is 21.9 Å². The van der Waals surface area contributed by atoms with Gasteiger partial charge >= 0.3 is 0 Å². The fraction of sp³-hybridized carbons (Fsp3) is 0.588. The third kappa shape index (κ3) is 4.03. The van der Waals surface area contributed by atoms with Crippen molar-refractivity contribution in [3.05, 3.63) is 24.5 Å².